The van der Waals surface area contributed by atoms with Gasteiger partial charge >= 0.3 is 0 Å². The number of rotatable bonds is 3. The molecule has 0 spiro atoms. The number of β-amino-alcohol motifs (C(OH)–C–C–N with tert-alkyl or cyclic N) is 1. The molecule has 0 saturated carbocycles. The van der Waals surface area contributed by atoms with Crippen molar-refractivity contribution in [3.8, 4) is 0 Å². The standard InChI is InChI=1S/C14H21NO2S/c1-10-6-7-18-12(10)4-5-13(17)15-9-11(16)8-14(15,2)3/h6-7,11,16H,4-5,8-9H2,1-3H3. The van der Waals surface area contributed by atoms with E-state index in [1.165, 1.54) is 10.4 Å². The fourth-order valence-electron chi connectivity index (χ4n) is 2.66. The van der Waals surface area contributed by atoms with E-state index in [0.717, 1.165) is 6.42 Å². The molecule has 18 heavy (non-hydrogen) atoms. The predicted molar refractivity (Wildman–Crippen MR) is 73.8 cm³/mol. The third-order valence-electron chi connectivity index (χ3n) is 3.69. The van der Waals surface area contributed by atoms with Gasteiger partial charge in [0.2, 0.25) is 5.91 Å². The topological polar surface area (TPSA) is 40.5 Å². The molecule has 1 atom stereocenters. The highest BCUT2D eigenvalue weighted by molar-refractivity contribution is 7.10. The van der Waals surface area contributed by atoms with Gasteiger partial charge in [0, 0.05) is 23.4 Å². The molecular formula is C14H21NO2S. The number of carbonyl (C=O) groups is 1. The van der Waals surface area contributed by atoms with Gasteiger partial charge in [-0.1, -0.05) is 0 Å². The molecule has 0 bridgehead atoms. The van der Waals surface area contributed by atoms with Gasteiger partial charge in [-0.2, -0.15) is 0 Å². The molecule has 1 N–H and O–H groups in total. The Morgan fingerprint density at radius 3 is 2.83 bits per heavy atom. The second-order valence-corrected chi connectivity index (χ2v) is 6.70. The summed E-state index contributed by atoms with van der Waals surface area (Å²) in [6, 6.07) is 2.09. The summed E-state index contributed by atoms with van der Waals surface area (Å²) < 4.78 is 0. The van der Waals surface area contributed by atoms with Crippen LogP contribution in [0.1, 0.15) is 37.1 Å². The van der Waals surface area contributed by atoms with Crippen LogP contribution < -0.4 is 0 Å². The van der Waals surface area contributed by atoms with Gasteiger partial charge in [0.1, 0.15) is 0 Å². The number of thiophene rings is 1. The molecule has 4 heteroatoms. The summed E-state index contributed by atoms with van der Waals surface area (Å²) in [4.78, 5) is 15.4. The molecule has 1 aromatic rings. The van der Waals surface area contributed by atoms with E-state index in [0.29, 0.717) is 19.4 Å². The van der Waals surface area contributed by atoms with E-state index in [1.54, 1.807) is 11.3 Å². The zero-order valence-corrected chi connectivity index (χ0v) is 12.1. The number of hydrogen-bond donors (Lipinski definition) is 1. The van der Waals surface area contributed by atoms with Crippen molar-refractivity contribution in [1.82, 2.24) is 4.90 Å². The second kappa shape index (κ2) is 5.02. The summed E-state index contributed by atoms with van der Waals surface area (Å²) in [5.74, 6) is 0.157. The van der Waals surface area contributed by atoms with Gasteiger partial charge in [-0.15, -0.1) is 11.3 Å². The number of carbonyl (C=O) groups excluding carboxylic acids is 1. The first-order chi connectivity index (χ1) is 8.40. The minimum atomic E-state index is -0.368. The van der Waals surface area contributed by atoms with Crippen LogP contribution in [-0.4, -0.2) is 34.1 Å². The zero-order chi connectivity index (χ0) is 13.3. The van der Waals surface area contributed by atoms with E-state index < -0.39 is 0 Å². The molecule has 1 unspecified atom stereocenters. The van der Waals surface area contributed by atoms with Gasteiger partial charge in [0.25, 0.3) is 0 Å². The van der Waals surface area contributed by atoms with Crippen LogP contribution in [0, 0.1) is 6.92 Å². The quantitative estimate of drug-likeness (QED) is 0.913. The van der Waals surface area contributed by atoms with E-state index in [-0.39, 0.29) is 17.6 Å². The molecule has 1 aliphatic heterocycles. The van der Waals surface area contributed by atoms with Crippen molar-refractivity contribution >= 4 is 17.2 Å². The lowest BCUT2D eigenvalue weighted by atomic mass is 10.0. The van der Waals surface area contributed by atoms with Crippen molar-refractivity contribution in [3.05, 3.63) is 21.9 Å². The normalized spacial score (nSPS) is 22.4. The van der Waals surface area contributed by atoms with Crippen LogP contribution in [0.15, 0.2) is 11.4 Å². The van der Waals surface area contributed by atoms with E-state index in [4.69, 9.17) is 0 Å². The van der Waals surface area contributed by atoms with Gasteiger partial charge in [-0.3, -0.25) is 4.79 Å². The Balaban J connectivity index is 1.95. The average molecular weight is 267 g/mol. The predicted octanol–water partition coefficient (Wildman–Crippen LogP) is 2.36. The Labute approximate surface area is 112 Å². The first kappa shape index (κ1) is 13.6. The molecule has 2 heterocycles. The largest absolute Gasteiger partial charge is 0.391 e. The first-order valence-corrected chi connectivity index (χ1v) is 7.29. The first-order valence-electron chi connectivity index (χ1n) is 6.41. The summed E-state index contributed by atoms with van der Waals surface area (Å²) in [6.45, 7) is 6.62. The summed E-state index contributed by atoms with van der Waals surface area (Å²) in [6.07, 6.45) is 1.66. The van der Waals surface area contributed by atoms with Gasteiger partial charge in [0.05, 0.1) is 6.10 Å². The van der Waals surface area contributed by atoms with Gasteiger partial charge < -0.3 is 10.0 Å². The minimum absolute atomic E-state index is 0.157. The maximum absolute atomic E-state index is 12.2. The number of hydrogen-bond acceptors (Lipinski definition) is 3. The Bertz CT molecular complexity index is 439. The monoisotopic (exact) mass is 267 g/mol. The van der Waals surface area contributed by atoms with E-state index in [9.17, 15) is 9.90 Å². The van der Waals surface area contributed by atoms with Gasteiger partial charge in [-0.05, 0) is 50.6 Å². The van der Waals surface area contributed by atoms with Crippen molar-refractivity contribution in [2.45, 2.75) is 51.7 Å². The van der Waals surface area contributed by atoms with Gasteiger partial charge in [-0.25, -0.2) is 0 Å². The SMILES string of the molecule is Cc1ccsc1CCC(=O)N1CC(O)CC1(C)C. The lowest BCUT2D eigenvalue weighted by Gasteiger charge is -2.31. The molecule has 0 aliphatic carbocycles. The van der Waals surface area contributed by atoms with Gasteiger partial charge in [0.15, 0.2) is 0 Å². The molecular weight excluding hydrogens is 246 g/mol. The second-order valence-electron chi connectivity index (χ2n) is 5.70. The highest BCUT2D eigenvalue weighted by atomic mass is 32.1. The number of aliphatic hydroxyl groups is 1. The van der Waals surface area contributed by atoms with E-state index >= 15 is 0 Å². The van der Waals surface area contributed by atoms with Crippen molar-refractivity contribution in [1.29, 1.82) is 0 Å². The number of aliphatic hydroxyl groups excluding tert-OH is 1. The van der Waals surface area contributed by atoms with Crippen molar-refractivity contribution in [2.75, 3.05) is 6.54 Å². The summed E-state index contributed by atoms with van der Waals surface area (Å²) in [7, 11) is 0. The number of aryl methyl sites for hydroxylation is 2. The average Bonchev–Trinajstić information content (AvgIpc) is 2.78. The fourth-order valence-corrected chi connectivity index (χ4v) is 3.57. The summed E-state index contributed by atoms with van der Waals surface area (Å²) in [5, 5.41) is 11.8. The van der Waals surface area contributed by atoms with Crippen LogP contribution in [0.5, 0.6) is 0 Å². The number of amides is 1. The molecule has 2 rings (SSSR count). The lowest BCUT2D eigenvalue weighted by molar-refractivity contribution is -0.134. The van der Waals surface area contributed by atoms with Crippen LogP contribution in [0.3, 0.4) is 0 Å². The lowest BCUT2D eigenvalue weighted by Crippen LogP contribution is -2.42. The molecule has 100 valence electrons. The van der Waals surface area contributed by atoms with Crippen molar-refractivity contribution in [2.24, 2.45) is 0 Å². The maximum Gasteiger partial charge on any atom is 0.223 e. The van der Waals surface area contributed by atoms with Crippen molar-refractivity contribution < 1.29 is 9.90 Å². The number of likely N-dealkylation sites (tertiary alicyclic amines) is 1. The molecule has 0 aromatic carbocycles. The van der Waals surface area contributed by atoms with Crippen LogP contribution in [0.2, 0.25) is 0 Å². The number of nitrogens with zero attached hydrogens (tertiary/aromatic N) is 1. The Kier molecular flexibility index (Phi) is 3.78. The minimum Gasteiger partial charge on any atom is -0.391 e. The smallest absolute Gasteiger partial charge is 0.223 e. The molecule has 1 saturated heterocycles. The van der Waals surface area contributed by atoms with E-state index in [1.807, 2.05) is 18.7 Å². The summed E-state index contributed by atoms with van der Waals surface area (Å²) in [5.41, 5.74) is 1.06. The molecule has 1 aromatic heterocycles. The van der Waals surface area contributed by atoms with Crippen molar-refractivity contribution in [3.63, 3.8) is 0 Å². The van der Waals surface area contributed by atoms with Crippen LogP contribution in [0.25, 0.3) is 0 Å². The third-order valence-corrected chi connectivity index (χ3v) is 4.78. The Morgan fingerprint density at radius 2 is 2.33 bits per heavy atom. The van der Waals surface area contributed by atoms with Crippen LogP contribution in [-0.2, 0) is 11.2 Å². The van der Waals surface area contributed by atoms with Crippen LogP contribution >= 0.6 is 11.3 Å². The van der Waals surface area contributed by atoms with Crippen LogP contribution in [0.4, 0.5) is 0 Å². The third kappa shape index (κ3) is 2.75. The zero-order valence-electron chi connectivity index (χ0n) is 11.3. The molecule has 3 nitrogen and oxygen atoms in total. The summed E-state index contributed by atoms with van der Waals surface area (Å²) >= 11 is 1.71. The Morgan fingerprint density at radius 1 is 1.61 bits per heavy atom. The molecule has 1 aliphatic rings. The maximum atomic E-state index is 12.2. The molecule has 1 amide bonds. The highest BCUT2D eigenvalue weighted by Crippen LogP contribution is 2.29. The fraction of sp³-hybridized carbons (Fsp3) is 0.643. The van der Waals surface area contributed by atoms with E-state index in [2.05, 4.69) is 18.4 Å². The Hall–Kier alpha value is -0.870. The molecule has 1 fully saturated rings. The highest BCUT2D eigenvalue weighted by Gasteiger charge is 2.39. The molecule has 0 radical (unpaired) electrons.